The summed E-state index contributed by atoms with van der Waals surface area (Å²) in [5.41, 5.74) is 2.57. The molecule has 0 aromatic heterocycles. The van der Waals surface area contributed by atoms with Crippen LogP contribution in [0.25, 0.3) is 0 Å². The summed E-state index contributed by atoms with van der Waals surface area (Å²) >= 11 is 6.48. The van der Waals surface area contributed by atoms with Gasteiger partial charge < -0.3 is 20.1 Å². The zero-order valence-corrected chi connectivity index (χ0v) is 18.4. The second-order valence-corrected chi connectivity index (χ2v) is 9.50. The van der Waals surface area contributed by atoms with Gasteiger partial charge in [0.25, 0.3) is 0 Å². The third kappa shape index (κ3) is 4.26. The maximum absolute atomic E-state index is 12.4. The molecule has 2 N–H and O–H groups in total. The van der Waals surface area contributed by atoms with E-state index in [1.165, 1.54) is 12.0 Å². The number of carbonyl (C=O) groups excluding carboxylic acids is 1. The molecule has 5 nitrogen and oxygen atoms in total. The van der Waals surface area contributed by atoms with Crippen molar-refractivity contribution >= 4 is 23.3 Å². The lowest BCUT2D eigenvalue weighted by molar-refractivity contribution is -0.00355. The summed E-state index contributed by atoms with van der Waals surface area (Å²) in [4.78, 5) is 12.4. The van der Waals surface area contributed by atoms with Gasteiger partial charge in [0, 0.05) is 5.56 Å². The molecule has 1 heterocycles. The maximum Gasteiger partial charge on any atom is 0.319 e. The summed E-state index contributed by atoms with van der Waals surface area (Å²) in [6.07, 6.45) is 7.37. The third-order valence-corrected chi connectivity index (χ3v) is 7.16. The lowest BCUT2D eigenvalue weighted by Gasteiger charge is -2.44. The molecule has 5 rings (SSSR count). The van der Waals surface area contributed by atoms with Crippen LogP contribution in [0.1, 0.15) is 56.1 Å². The van der Waals surface area contributed by atoms with E-state index in [1.54, 1.807) is 0 Å². The normalized spacial score (nSPS) is 24.0. The van der Waals surface area contributed by atoms with E-state index >= 15 is 0 Å². The first-order chi connectivity index (χ1) is 15.1. The molecule has 0 unspecified atom stereocenters. The van der Waals surface area contributed by atoms with Crippen LogP contribution in [0.15, 0.2) is 42.5 Å². The smallest absolute Gasteiger partial charge is 0.319 e. The molecule has 2 aliphatic carbocycles. The Labute approximate surface area is 188 Å². The van der Waals surface area contributed by atoms with E-state index in [0.29, 0.717) is 23.2 Å². The highest BCUT2D eigenvalue weighted by Crippen LogP contribution is 2.50. The fourth-order valence-electron chi connectivity index (χ4n) is 5.21. The first-order valence-corrected chi connectivity index (χ1v) is 11.7. The monoisotopic (exact) mass is 440 g/mol. The number of nitrogens with one attached hydrogen (secondary N) is 2. The fourth-order valence-corrected chi connectivity index (χ4v) is 5.42. The van der Waals surface area contributed by atoms with Crippen LogP contribution in [0.4, 0.5) is 10.5 Å². The highest BCUT2D eigenvalue weighted by Gasteiger charge is 2.44. The Morgan fingerprint density at radius 3 is 2.58 bits per heavy atom. The van der Waals surface area contributed by atoms with Crippen LogP contribution in [0.3, 0.4) is 0 Å². The predicted molar refractivity (Wildman–Crippen MR) is 122 cm³/mol. The SMILES string of the molecule is O=C1Nc2c(Cl)ccc(O[C@H]3C[C@H](COCc4ccccc4)C3)c2C2(CCCCC2)N1. The lowest BCUT2D eigenvalue weighted by Crippen LogP contribution is -2.53. The molecule has 6 heteroatoms. The fraction of sp³-hybridized carbons (Fsp3) is 0.480. The molecule has 2 amide bonds. The lowest BCUT2D eigenvalue weighted by atomic mass is 9.74. The number of fused-ring (bicyclic) bond motifs is 2. The van der Waals surface area contributed by atoms with E-state index in [2.05, 4.69) is 22.8 Å². The molecule has 2 aromatic carbocycles. The zero-order chi connectivity index (χ0) is 21.3. The number of hydrogen-bond donors (Lipinski definition) is 2. The van der Waals surface area contributed by atoms with Crippen molar-refractivity contribution in [1.82, 2.24) is 5.32 Å². The topological polar surface area (TPSA) is 59.6 Å². The van der Waals surface area contributed by atoms with Gasteiger partial charge >= 0.3 is 6.03 Å². The Morgan fingerprint density at radius 2 is 1.81 bits per heavy atom. The van der Waals surface area contributed by atoms with Gasteiger partial charge in [-0.3, -0.25) is 0 Å². The molecule has 2 saturated carbocycles. The van der Waals surface area contributed by atoms with Gasteiger partial charge in [0.2, 0.25) is 0 Å². The average Bonchev–Trinajstić information content (AvgIpc) is 2.75. The summed E-state index contributed by atoms with van der Waals surface area (Å²) < 4.78 is 12.4. The van der Waals surface area contributed by atoms with E-state index < -0.39 is 0 Å². The number of benzene rings is 2. The highest BCUT2D eigenvalue weighted by molar-refractivity contribution is 6.34. The Bertz CT molecular complexity index is 937. The van der Waals surface area contributed by atoms with E-state index in [9.17, 15) is 4.79 Å². The highest BCUT2D eigenvalue weighted by atomic mass is 35.5. The molecule has 164 valence electrons. The second-order valence-electron chi connectivity index (χ2n) is 9.10. The van der Waals surface area contributed by atoms with Crippen LogP contribution in [0.5, 0.6) is 5.75 Å². The summed E-state index contributed by atoms with van der Waals surface area (Å²) in [5, 5.41) is 6.70. The van der Waals surface area contributed by atoms with Gasteiger partial charge in [0.15, 0.2) is 0 Å². The Balaban J connectivity index is 1.24. The number of halogens is 1. The van der Waals surface area contributed by atoms with E-state index in [4.69, 9.17) is 21.1 Å². The molecule has 2 fully saturated rings. The Hall–Kier alpha value is -2.24. The van der Waals surface area contributed by atoms with Gasteiger partial charge in [0.05, 0.1) is 35.6 Å². The number of ether oxygens (including phenoxy) is 2. The van der Waals surface area contributed by atoms with E-state index in [0.717, 1.165) is 56.4 Å². The van der Waals surface area contributed by atoms with E-state index in [1.807, 2.05) is 30.3 Å². The van der Waals surface area contributed by atoms with E-state index in [-0.39, 0.29) is 17.7 Å². The minimum Gasteiger partial charge on any atom is -0.490 e. The molecule has 0 radical (unpaired) electrons. The summed E-state index contributed by atoms with van der Waals surface area (Å²) in [6, 6.07) is 13.9. The molecule has 0 bridgehead atoms. The molecule has 0 atom stereocenters. The van der Waals surface area contributed by atoms with Crippen LogP contribution in [-0.2, 0) is 16.9 Å². The molecule has 1 spiro atoms. The molecular weight excluding hydrogens is 412 g/mol. The van der Waals surface area contributed by atoms with Gasteiger partial charge in [-0.05, 0) is 49.3 Å². The molecular formula is C25H29ClN2O3. The standard InChI is InChI=1S/C25H29ClN2O3/c26-20-9-10-21(22-23(20)27-24(29)28-25(22)11-5-2-6-12-25)31-19-13-18(14-19)16-30-15-17-7-3-1-4-8-17/h1,3-4,7-10,18-19H,2,5-6,11-16H2,(H2,27,28,29)/t18-,19-. The first-order valence-electron chi connectivity index (χ1n) is 11.3. The van der Waals surface area contributed by atoms with Crippen molar-refractivity contribution in [1.29, 1.82) is 0 Å². The van der Waals surface area contributed by atoms with Crippen LogP contribution in [0, 0.1) is 5.92 Å². The van der Waals surface area contributed by atoms with Crippen LogP contribution in [0.2, 0.25) is 5.02 Å². The maximum atomic E-state index is 12.4. The summed E-state index contributed by atoms with van der Waals surface area (Å²) in [6.45, 7) is 1.41. The van der Waals surface area contributed by atoms with Crippen LogP contribution in [-0.4, -0.2) is 18.7 Å². The average molecular weight is 441 g/mol. The van der Waals surface area contributed by atoms with Gasteiger partial charge in [-0.25, -0.2) is 4.79 Å². The minimum absolute atomic E-state index is 0.173. The van der Waals surface area contributed by atoms with Crippen molar-refractivity contribution in [3.05, 3.63) is 58.6 Å². The number of anilines is 1. The van der Waals surface area contributed by atoms with Crippen molar-refractivity contribution in [3.63, 3.8) is 0 Å². The predicted octanol–water partition coefficient (Wildman–Crippen LogP) is 6.01. The zero-order valence-electron chi connectivity index (χ0n) is 17.7. The number of urea groups is 1. The van der Waals surface area contributed by atoms with Gasteiger partial charge in [-0.1, -0.05) is 61.2 Å². The number of hydrogen-bond acceptors (Lipinski definition) is 3. The number of carbonyl (C=O) groups is 1. The molecule has 2 aromatic rings. The van der Waals surface area contributed by atoms with Crippen molar-refractivity contribution in [2.75, 3.05) is 11.9 Å². The largest absolute Gasteiger partial charge is 0.490 e. The molecule has 31 heavy (non-hydrogen) atoms. The van der Waals surface area contributed by atoms with Crippen LogP contribution < -0.4 is 15.4 Å². The first kappa shape index (κ1) is 20.7. The van der Waals surface area contributed by atoms with Crippen molar-refractivity contribution in [2.45, 2.75) is 63.2 Å². The Morgan fingerprint density at radius 1 is 1.03 bits per heavy atom. The number of rotatable bonds is 6. The second kappa shape index (κ2) is 8.71. The van der Waals surface area contributed by atoms with Crippen LogP contribution >= 0.6 is 11.6 Å². The van der Waals surface area contributed by atoms with Crippen molar-refractivity contribution in [3.8, 4) is 5.75 Å². The number of amides is 2. The molecule has 1 aliphatic heterocycles. The van der Waals surface area contributed by atoms with Gasteiger partial charge in [0.1, 0.15) is 5.75 Å². The van der Waals surface area contributed by atoms with Gasteiger partial charge in [-0.15, -0.1) is 0 Å². The quantitative estimate of drug-likeness (QED) is 0.578. The minimum atomic E-state index is -0.377. The third-order valence-electron chi connectivity index (χ3n) is 6.84. The summed E-state index contributed by atoms with van der Waals surface area (Å²) in [5.74, 6) is 1.38. The van der Waals surface area contributed by atoms with Crippen molar-refractivity contribution < 1.29 is 14.3 Å². The molecule has 3 aliphatic rings. The molecule has 0 saturated heterocycles. The van der Waals surface area contributed by atoms with Gasteiger partial charge in [-0.2, -0.15) is 0 Å². The summed E-state index contributed by atoms with van der Waals surface area (Å²) in [7, 11) is 0. The van der Waals surface area contributed by atoms with Crippen molar-refractivity contribution in [2.24, 2.45) is 5.92 Å². The Kier molecular flexibility index (Phi) is 5.81.